The SMILES string of the molecule is CNC(c1cccc(F)c1)c1cc(Cl)cc2c1OCC2. The van der Waals surface area contributed by atoms with E-state index in [-0.39, 0.29) is 11.9 Å². The fourth-order valence-electron chi connectivity index (χ4n) is 2.70. The zero-order valence-electron chi connectivity index (χ0n) is 11.1. The van der Waals surface area contributed by atoms with Crippen LogP contribution in [-0.4, -0.2) is 13.7 Å². The Labute approximate surface area is 122 Å². The van der Waals surface area contributed by atoms with Gasteiger partial charge in [-0.2, -0.15) is 0 Å². The van der Waals surface area contributed by atoms with Gasteiger partial charge >= 0.3 is 0 Å². The number of rotatable bonds is 3. The van der Waals surface area contributed by atoms with Crippen LogP contribution < -0.4 is 10.1 Å². The number of hydrogen-bond acceptors (Lipinski definition) is 2. The maximum atomic E-state index is 13.4. The molecule has 3 rings (SSSR count). The highest BCUT2D eigenvalue weighted by Gasteiger charge is 2.23. The molecular formula is C16H15ClFNO. The molecule has 0 fully saturated rings. The van der Waals surface area contributed by atoms with Crippen molar-refractivity contribution < 1.29 is 9.13 Å². The van der Waals surface area contributed by atoms with Crippen LogP contribution in [0, 0.1) is 5.82 Å². The quantitative estimate of drug-likeness (QED) is 0.930. The highest BCUT2D eigenvalue weighted by molar-refractivity contribution is 6.30. The second-order valence-corrected chi connectivity index (χ2v) is 5.29. The van der Waals surface area contributed by atoms with Crippen LogP contribution >= 0.6 is 11.6 Å². The molecule has 2 aromatic carbocycles. The average Bonchev–Trinajstić information content (AvgIpc) is 2.87. The third-order valence-electron chi connectivity index (χ3n) is 3.56. The highest BCUT2D eigenvalue weighted by atomic mass is 35.5. The monoisotopic (exact) mass is 291 g/mol. The fraction of sp³-hybridized carbons (Fsp3) is 0.250. The van der Waals surface area contributed by atoms with Crippen molar-refractivity contribution in [2.45, 2.75) is 12.5 Å². The molecule has 4 heteroatoms. The molecule has 2 nitrogen and oxygen atoms in total. The molecule has 0 aliphatic carbocycles. The Hall–Kier alpha value is -1.58. The van der Waals surface area contributed by atoms with Gasteiger partial charge in [0, 0.05) is 17.0 Å². The number of ether oxygens (including phenoxy) is 1. The van der Waals surface area contributed by atoms with Crippen LogP contribution in [0.15, 0.2) is 36.4 Å². The molecule has 1 unspecified atom stereocenters. The molecule has 1 aliphatic heterocycles. The van der Waals surface area contributed by atoms with E-state index in [0.717, 1.165) is 28.9 Å². The van der Waals surface area contributed by atoms with Gasteiger partial charge in [0.15, 0.2) is 0 Å². The van der Waals surface area contributed by atoms with Gasteiger partial charge in [-0.1, -0.05) is 23.7 Å². The van der Waals surface area contributed by atoms with Crippen LogP contribution in [0.4, 0.5) is 4.39 Å². The minimum absolute atomic E-state index is 0.142. The highest BCUT2D eigenvalue weighted by Crippen LogP contribution is 2.38. The summed E-state index contributed by atoms with van der Waals surface area (Å²) in [5, 5.41) is 3.89. The van der Waals surface area contributed by atoms with E-state index in [4.69, 9.17) is 16.3 Å². The molecule has 0 saturated heterocycles. The smallest absolute Gasteiger partial charge is 0.127 e. The number of halogens is 2. The van der Waals surface area contributed by atoms with Crippen molar-refractivity contribution in [3.8, 4) is 5.75 Å². The summed E-state index contributed by atoms with van der Waals surface area (Å²) >= 11 is 6.19. The fourth-order valence-corrected chi connectivity index (χ4v) is 2.95. The van der Waals surface area contributed by atoms with Crippen LogP contribution in [-0.2, 0) is 6.42 Å². The third kappa shape index (κ3) is 2.39. The largest absolute Gasteiger partial charge is 0.493 e. The lowest BCUT2D eigenvalue weighted by molar-refractivity contribution is 0.351. The van der Waals surface area contributed by atoms with Crippen molar-refractivity contribution in [1.82, 2.24) is 5.32 Å². The molecule has 0 bridgehead atoms. The van der Waals surface area contributed by atoms with Gasteiger partial charge in [0.25, 0.3) is 0 Å². The van der Waals surface area contributed by atoms with Crippen molar-refractivity contribution in [2.75, 3.05) is 13.7 Å². The summed E-state index contributed by atoms with van der Waals surface area (Å²) in [6.07, 6.45) is 0.864. The van der Waals surface area contributed by atoms with E-state index in [0.29, 0.717) is 11.6 Å². The predicted octanol–water partition coefficient (Wildman–Crippen LogP) is 3.72. The topological polar surface area (TPSA) is 21.3 Å². The zero-order valence-corrected chi connectivity index (χ0v) is 11.9. The maximum Gasteiger partial charge on any atom is 0.127 e. The summed E-state index contributed by atoms with van der Waals surface area (Å²) in [5.41, 5.74) is 2.93. The van der Waals surface area contributed by atoms with Gasteiger partial charge in [-0.05, 0) is 42.4 Å². The molecular weight excluding hydrogens is 277 g/mol. The van der Waals surface area contributed by atoms with Crippen LogP contribution in [0.25, 0.3) is 0 Å². The van der Waals surface area contributed by atoms with E-state index >= 15 is 0 Å². The number of nitrogens with one attached hydrogen (secondary N) is 1. The first-order chi connectivity index (χ1) is 9.69. The number of benzene rings is 2. The van der Waals surface area contributed by atoms with Crippen molar-refractivity contribution in [2.24, 2.45) is 0 Å². The Balaban J connectivity index is 2.10. The minimum atomic E-state index is -0.248. The van der Waals surface area contributed by atoms with Crippen molar-refractivity contribution in [1.29, 1.82) is 0 Å². The van der Waals surface area contributed by atoms with Gasteiger partial charge in [-0.25, -0.2) is 4.39 Å². The van der Waals surface area contributed by atoms with Gasteiger partial charge in [0.05, 0.1) is 12.6 Å². The number of fused-ring (bicyclic) bond motifs is 1. The van der Waals surface area contributed by atoms with Crippen LogP contribution in [0.5, 0.6) is 5.75 Å². The second kappa shape index (κ2) is 5.43. The second-order valence-electron chi connectivity index (χ2n) is 4.86. The van der Waals surface area contributed by atoms with E-state index in [2.05, 4.69) is 5.32 Å². The van der Waals surface area contributed by atoms with Gasteiger partial charge in [-0.15, -0.1) is 0 Å². The molecule has 0 aromatic heterocycles. The van der Waals surface area contributed by atoms with E-state index in [1.165, 1.54) is 12.1 Å². The lowest BCUT2D eigenvalue weighted by Gasteiger charge is -2.20. The van der Waals surface area contributed by atoms with E-state index in [1.54, 1.807) is 6.07 Å². The van der Waals surface area contributed by atoms with Crippen molar-refractivity contribution >= 4 is 11.6 Å². The molecule has 1 atom stereocenters. The summed E-state index contributed by atoms with van der Waals surface area (Å²) in [6.45, 7) is 0.669. The normalized spacial score (nSPS) is 14.8. The molecule has 0 spiro atoms. The summed E-state index contributed by atoms with van der Waals surface area (Å²) in [4.78, 5) is 0. The first kappa shape index (κ1) is 13.4. The molecule has 104 valence electrons. The summed E-state index contributed by atoms with van der Waals surface area (Å²) < 4.78 is 19.2. The predicted molar refractivity (Wildman–Crippen MR) is 78.0 cm³/mol. The van der Waals surface area contributed by atoms with Crippen LogP contribution in [0.1, 0.15) is 22.7 Å². The summed E-state index contributed by atoms with van der Waals surface area (Å²) in [7, 11) is 1.85. The lowest BCUT2D eigenvalue weighted by Crippen LogP contribution is -2.18. The van der Waals surface area contributed by atoms with Gasteiger partial charge in [-0.3, -0.25) is 0 Å². The molecule has 1 N–H and O–H groups in total. The third-order valence-corrected chi connectivity index (χ3v) is 3.78. The molecule has 1 aliphatic rings. The lowest BCUT2D eigenvalue weighted by atomic mass is 9.96. The summed E-state index contributed by atoms with van der Waals surface area (Å²) in [5.74, 6) is 0.625. The molecule has 1 heterocycles. The Bertz CT molecular complexity index is 644. The molecule has 2 aromatic rings. The molecule has 0 saturated carbocycles. The maximum absolute atomic E-state index is 13.4. The number of hydrogen-bond donors (Lipinski definition) is 1. The average molecular weight is 292 g/mol. The van der Waals surface area contributed by atoms with Crippen molar-refractivity contribution in [3.63, 3.8) is 0 Å². The van der Waals surface area contributed by atoms with Gasteiger partial charge < -0.3 is 10.1 Å². The Kier molecular flexibility index (Phi) is 3.64. The first-order valence-electron chi connectivity index (χ1n) is 6.57. The standard InChI is InChI=1S/C16H15ClFNO/c1-19-15(10-3-2-4-13(18)8-10)14-9-12(17)7-11-5-6-20-16(11)14/h2-4,7-9,15,19H,5-6H2,1H3. The van der Waals surface area contributed by atoms with E-state index in [9.17, 15) is 4.39 Å². The minimum Gasteiger partial charge on any atom is -0.493 e. The van der Waals surface area contributed by atoms with Crippen LogP contribution in [0.2, 0.25) is 5.02 Å². The van der Waals surface area contributed by atoms with E-state index in [1.807, 2.05) is 25.2 Å². The van der Waals surface area contributed by atoms with Gasteiger partial charge in [0.2, 0.25) is 0 Å². The first-order valence-corrected chi connectivity index (χ1v) is 6.94. The Morgan fingerprint density at radius 1 is 1.30 bits per heavy atom. The van der Waals surface area contributed by atoms with Gasteiger partial charge in [0.1, 0.15) is 11.6 Å². The van der Waals surface area contributed by atoms with E-state index < -0.39 is 0 Å². The molecule has 0 radical (unpaired) electrons. The van der Waals surface area contributed by atoms with Crippen LogP contribution in [0.3, 0.4) is 0 Å². The van der Waals surface area contributed by atoms with Crippen molar-refractivity contribution in [3.05, 3.63) is 63.9 Å². The Morgan fingerprint density at radius 2 is 2.15 bits per heavy atom. The summed E-state index contributed by atoms with van der Waals surface area (Å²) in [6, 6.07) is 10.3. The zero-order chi connectivity index (χ0) is 14.1. The molecule has 20 heavy (non-hydrogen) atoms. The Morgan fingerprint density at radius 3 is 2.90 bits per heavy atom. The molecule has 0 amide bonds.